The van der Waals surface area contributed by atoms with Crippen LogP contribution in [-0.4, -0.2) is 9.55 Å². The molecule has 0 aliphatic rings. The fraction of sp³-hybridized carbons (Fsp3) is 0.133. The molecule has 2 aromatic carbocycles. The molecule has 3 aromatic rings. The summed E-state index contributed by atoms with van der Waals surface area (Å²) in [4.78, 5) is 4.15. The van der Waals surface area contributed by atoms with Gasteiger partial charge in [0.05, 0.1) is 22.1 Å². The number of aromatic nitrogens is 2. The highest BCUT2D eigenvalue weighted by atomic mass is 35.5. The van der Waals surface area contributed by atoms with Crippen molar-refractivity contribution >= 4 is 34.2 Å². The van der Waals surface area contributed by atoms with Crippen LogP contribution in [0.1, 0.15) is 11.4 Å². The molecule has 0 aliphatic heterocycles. The van der Waals surface area contributed by atoms with Crippen LogP contribution >= 0.6 is 23.2 Å². The molecule has 3 rings (SSSR count). The van der Waals surface area contributed by atoms with Gasteiger partial charge in [0, 0.05) is 12.1 Å². The monoisotopic (exact) mass is 326 g/mol. The molecule has 21 heavy (non-hydrogen) atoms. The average Bonchev–Trinajstić information content (AvgIpc) is 2.80. The van der Waals surface area contributed by atoms with Crippen molar-refractivity contribution in [2.24, 2.45) is 0 Å². The Labute approximate surface area is 129 Å². The Kier molecular flexibility index (Phi) is 3.59. The molecule has 108 valence electrons. The van der Waals surface area contributed by atoms with Crippen molar-refractivity contribution in [3.63, 3.8) is 0 Å². The van der Waals surface area contributed by atoms with Crippen LogP contribution in [-0.2, 0) is 5.88 Å². The van der Waals surface area contributed by atoms with E-state index in [1.807, 2.05) is 19.1 Å². The van der Waals surface area contributed by atoms with Gasteiger partial charge in [-0.05, 0) is 24.6 Å². The number of nitrogens with zero attached hydrogens (tertiary/aromatic N) is 2. The Balaban J connectivity index is 2.43. The van der Waals surface area contributed by atoms with E-state index in [2.05, 4.69) is 4.98 Å². The van der Waals surface area contributed by atoms with Gasteiger partial charge in [0.25, 0.3) is 0 Å². The second kappa shape index (κ2) is 5.28. The maximum Gasteiger partial charge on any atom is 0.153 e. The highest BCUT2D eigenvalue weighted by molar-refractivity contribution is 6.32. The summed E-state index contributed by atoms with van der Waals surface area (Å²) in [6.07, 6.45) is 0. The highest BCUT2D eigenvalue weighted by Crippen LogP contribution is 2.30. The van der Waals surface area contributed by atoms with Gasteiger partial charge in [0.2, 0.25) is 0 Å². The maximum absolute atomic E-state index is 13.9. The van der Waals surface area contributed by atoms with Gasteiger partial charge < -0.3 is 0 Å². The number of fused-ring (bicyclic) bond motifs is 1. The van der Waals surface area contributed by atoms with E-state index in [0.29, 0.717) is 22.1 Å². The standard InChI is InChI=1S/C15H10Cl2F2N2/c1-8-2-3-10(17)12(4-8)21-13-6-9(18)5-11(19)15(13)20-14(21)7-16/h2-6H,7H2,1H3. The van der Waals surface area contributed by atoms with Crippen molar-refractivity contribution < 1.29 is 8.78 Å². The van der Waals surface area contributed by atoms with Crippen LogP contribution in [0.3, 0.4) is 0 Å². The molecule has 0 N–H and O–H groups in total. The number of halogens is 4. The van der Waals surface area contributed by atoms with E-state index in [9.17, 15) is 8.78 Å². The molecule has 6 heteroatoms. The first-order chi connectivity index (χ1) is 10.0. The number of hydrogen-bond acceptors (Lipinski definition) is 1. The number of hydrogen-bond donors (Lipinski definition) is 0. The fourth-order valence-electron chi connectivity index (χ4n) is 2.30. The van der Waals surface area contributed by atoms with E-state index in [1.165, 1.54) is 6.07 Å². The smallest absolute Gasteiger partial charge is 0.153 e. The lowest BCUT2D eigenvalue weighted by molar-refractivity contribution is 0.590. The van der Waals surface area contributed by atoms with Crippen molar-refractivity contribution in [3.8, 4) is 5.69 Å². The summed E-state index contributed by atoms with van der Waals surface area (Å²) in [7, 11) is 0. The molecule has 2 nitrogen and oxygen atoms in total. The predicted molar refractivity (Wildman–Crippen MR) is 80.3 cm³/mol. The SMILES string of the molecule is Cc1ccc(Cl)c(-n2c(CCl)nc3c(F)cc(F)cc32)c1. The third kappa shape index (κ3) is 2.39. The lowest BCUT2D eigenvalue weighted by Crippen LogP contribution is -2.01. The predicted octanol–water partition coefficient (Wildman–Crippen LogP) is 5.00. The number of alkyl halides is 1. The van der Waals surface area contributed by atoms with Crippen LogP contribution in [0.2, 0.25) is 5.02 Å². The van der Waals surface area contributed by atoms with E-state index in [4.69, 9.17) is 23.2 Å². The minimum atomic E-state index is -0.723. The summed E-state index contributed by atoms with van der Waals surface area (Å²) in [5, 5.41) is 0.455. The highest BCUT2D eigenvalue weighted by Gasteiger charge is 2.18. The van der Waals surface area contributed by atoms with Gasteiger partial charge in [0.1, 0.15) is 17.2 Å². The molecule has 0 saturated heterocycles. The minimum Gasteiger partial charge on any atom is -0.294 e. The first-order valence-corrected chi connectivity index (χ1v) is 7.11. The van der Waals surface area contributed by atoms with Gasteiger partial charge in [-0.1, -0.05) is 17.7 Å². The summed E-state index contributed by atoms with van der Waals surface area (Å²) in [6.45, 7) is 1.90. The molecule has 0 radical (unpaired) electrons. The van der Waals surface area contributed by atoms with E-state index < -0.39 is 11.6 Å². The van der Waals surface area contributed by atoms with Crippen molar-refractivity contribution in [1.29, 1.82) is 0 Å². The van der Waals surface area contributed by atoms with Crippen molar-refractivity contribution in [2.75, 3.05) is 0 Å². The van der Waals surface area contributed by atoms with E-state index >= 15 is 0 Å². The topological polar surface area (TPSA) is 17.8 Å². The van der Waals surface area contributed by atoms with Gasteiger partial charge >= 0.3 is 0 Å². The number of imidazole rings is 1. The van der Waals surface area contributed by atoms with Gasteiger partial charge in [-0.15, -0.1) is 11.6 Å². The molecule has 0 aliphatic carbocycles. The molecule has 1 aromatic heterocycles. The zero-order chi connectivity index (χ0) is 15.1. The molecule has 0 unspecified atom stereocenters. The summed E-state index contributed by atoms with van der Waals surface area (Å²) in [6, 6.07) is 7.43. The number of rotatable bonds is 2. The lowest BCUT2D eigenvalue weighted by Gasteiger charge is -2.11. The van der Waals surface area contributed by atoms with Crippen molar-refractivity contribution in [2.45, 2.75) is 12.8 Å². The molecule has 0 amide bonds. The van der Waals surface area contributed by atoms with Crippen LogP contribution in [0.4, 0.5) is 8.78 Å². The Hall–Kier alpha value is -1.65. The van der Waals surface area contributed by atoms with Crippen LogP contribution < -0.4 is 0 Å². The third-order valence-corrected chi connectivity index (χ3v) is 3.77. The number of benzene rings is 2. The van der Waals surface area contributed by atoms with Crippen molar-refractivity contribution in [3.05, 3.63) is 58.4 Å². The Bertz CT molecular complexity index is 843. The molecule has 0 spiro atoms. The van der Waals surface area contributed by atoms with Crippen LogP contribution in [0.5, 0.6) is 0 Å². The van der Waals surface area contributed by atoms with Gasteiger partial charge in [-0.3, -0.25) is 4.57 Å². The van der Waals surface area contributed by atoms with Crippen molar-refractivity contribution in [1.82, 2.24) is 9.55 Å². The minimum absolute atomic E-state index is 0.0556. The summed E-state index contributed by atoms with van der Waals surface area (Å²) < 4.78 is 29.0. The largest absolute Gasteiger partial charge is 0.294 e. The molecule has 0 bridgehead atoms. The maximum atomic E-state index is 13.9. The average molecular weight is 327 g/mol. The van der Waals surface area contributed by atoms with Gasteiger partial charge in [0.15, 0.2) is 5.82 Å². The van der Waals surface area contributed by atoms with E-state index in [0.717, 1.165) is 11.6 Å². The first-order valence-electron chi connectivity index (χ1n) is 6.20. The number of aryl methyl sites for hydroxylation is 1. The Morgan fingerprint density at radius 2 is 1.95 bits per heavy atom. The van der Waals surface area contributed by atoms with Gasteiger partial charge in [-0.2, -0.15) is 0 Å². The first kappa shape index (κ1) is 14.3. The zero-order valence-electron chi connectivity index (χ0n) is 11.0. The van der Waals surface area contributed by atoms with Gasteiger partial charge in [-0.25, -0.2) is 13.8 Å². The summed E-state index contributed by atoms with van der Waals surface area (Å²) in [5.41, 5.74) is 1.94. The molecule has 0 fully saturated rings. The molecule has 0 atom stereocenters. The second-order valence-electron chi connectivity index (χ2n) is 4.71. The normalized spacial score (nSPS) is 11.3. The van der Waals surface area contributed by atoms with Crippen LogP contribution in [0.15, 0.2) is 30.3 Å². The van der Waals surface area contributed by atoms with Crippen LogP contribution in [0, 0.1) is 18.6 Å². The lowest BCUT2D eigenvalue weighted by atomic mass is 10.2. The third-order valence-electron chi connectivity index (χ3n) is 3.21. The quantitative estimate of drug-likeness (QED) is 0.605. The Morgan fingerprint density at radius 3 is 2.67 bits per heavy atom. The Morgan fingerprint density at radius 1 is 1.19 bits per heavy atom. The van der Waals surface area contributed by atoms with E-state index in [1.54, 1.807) is 10.6 Å². The van der Waals surface area contributed by atoms with Crippen LogP contribution in [0.25, 0.3) is 16.7 Å². The van der Waals surface area contributed by atoms with E-state index in [-0.39, 0.29) is 11.4 Å². The molecular formula is C15H10Cl2F2N2. The second-order valence-corrected chi connectivity index (χ2v) is 5.38. The fourth-order valence-corrected chi connectivity index (χ4v) is 2.69. The molecule has 1 heterocycles. The zero-order valence-corrected chi connectivity index (χ0v) is 12.5. The summed E-state index contributed by atoms with van der Waals surface area (Å²) in [5.74, 6) is -0.936. The molecular weight excluding hydrogens is 317 g/mol. The molecule has 0 saturated carbocycles. The summed E-state index contributed by atoms with van der Waals surface area (Å²) >= 11 is 12.1.